The van der Waals surface area contributed by atoms with Crippen LogP contribution in [-0.4, -0.2) is 26.6 Å². The van der Waals surface area contributed by atoms with Crippen molar-refractivity contribution in [2.45, 2.75) is 4.90 Å². The van der Waals surface area contributed by atoms with Crippen LogP contribution in [0.2, 0.25) is 0 Å². The van der Waals surface area contributed by atoms with Crippen LogP contribution >= 0.6 is 0 Å². The van der Waals surface area contributed by atoms with Crippen molar-refractivity contribution in [2.75, 3.05) is 12.4 Å². The fourth-order valence-corrected chi connectivity index (χ4v) is 2.89. The zero-order chi connectivity index (χ0) is 14.4. The summed E-state index contributed by atoms with van der Waals surface area (Å²) in [7, 11) is -3.59. The molecule has 0 atom stereocenters. The summed E-state index contributed by atoms with van der Waals surface area (Å²) in [6.45, 7) is -0.254. The van der Waals surface area contributed by atoms with Crippen molar-refractivity contribution in [2.24, 2.45) is 0 Å². The van der Waals surface area contributed by atoms with E-state index in [4.69, 9.17) is 4.74 Å². The molecule has 0 unspecified atom stereocenters. The van der Waals surface area contributed by atoms with E-state index in [9.17, 15) is 13.2 Å². The molecule has 0 aliphatic heterocycles. The van der Waals surface area contributed by atoms with Crippen LogP contribution in [0.5, 0.6) is 5.75 Å². The maximum absolute atomic E-state index is 12.0. The second kappa shape index (κ2) is 6.34. The Labute approximate surface area is 117 Å². The van der Waals surface area contributed by atoms with Gasteiger partial charge in [0.1, 0.15) is 18.1 Å². The number of rotatable bonds is 6. The van der Waals surface area contributed by atoms with Crippen molar-refractivity contribution >= 4 is 15.6 Å². The van der Waals surface area contributed by atoms with E-state index >= 15 is 0 Å². The summed E-state index contributed by atoms with van der Waals surface area (Å²) in [6.07, 6.45) is 0. The molecule has 0 saturated heterocycles. The van der Waals surface area contributed by atoms with Crippen LogP contribution in [0.25, 0.3) is 0 Å². The molecule has 0 fully saturated rings. The van der Waals surface area contributed by atoms with E-state index in [0.717, 1.165) is 0 Å². The van der Waals surface area contributed by atoms with Crippen LogP contribution in [0.1, 0.15) is 0 Å². The van der Waals surface area contributed by atoms with Crippen molar-refractivity contribution in [3.05, 3.63) is 60.7 Å². The lowest BCUT2D eigenvalue weighted by atomic mass is 10.3. The van der Waals surface area contributed by atoms with Gasteiger partial charge in [-0.25, -0.2) is 8.42 Å². The molecule has 4 nitrogen and oxygen atoms in total. The van der Waals surface area contributed by atoms with Crippen LogP contribution in [0, 0.1) is 0 Å². The number of ketones is 1. The quantitative estimate of drug-likeness (QED) is 0.817. The fraction of sp³-hybridized carbons (Fsp3) is 0.133. The number of Topliss-reactive ketones (excluding diaryl/α,β-unsaturated/α-hetero) is 1. The van der Waals surface area contributed by atoms with Crippen molar-refractivity contribution in [3.8, 4) is 5.75 Å². The highest BCUT2D eigenvalue weighted by molar-refractivity contribution is 7.92. The Bertz CT molecular complexity index is 664. The van der Waals surface area contributed by atoms with Crippen molar-refractivity contribution in [1.29, 1.82) is 0 Å². The number of hydrogen-bond donors (Lipinski definition) is 0. The third kappa shape index (κ3) is 3.93. The van der Waals surface area contributed by atoms with Gasteiger partial charge >= 0.3 is 0 Å². The first kappa shape index (κ1) is 14.3. The molecular formula is C15H14O4S. The van der Waals surface area contributed by atoms with Gasteiger partial charge in [0, 0.05) is 0 Å². The lowest BCUT2D eigenvalue weighted by Crippen LogP contribution is -2.22. The second-order valence-electron chi connectivity index (χ2n) is 4.21. The van der Waals surface area contributed by atoms with Crippen LogP contribution in [0.15, 0.2) is 65.6 Å². The predicted molar refractivity (Wildman–Crippen MR) is 75.4 cm³/mol. The van der Waals surface area contributed by atoms with Crippen molar-refractivity contribution in [1.82, 2.24) is 0 Å². The molecule has 20 heavy (non-hydrogen) atoms. The normalized spacial score (nSPS) is 11.0. The Hall–Kier alpha value is -2.14. The molecule has 104 valence electrons. The Morgan fingerprint density at radius 1 is 0.900 bits per heavy atom. The summed E-state index contributed by atoms with van der Waals surface area (Å²) in [4.78, 5) is 11.8. The molecule has 2 aromatic carbocycles. The molecular weight excluding hydrogens is 276 g/mol. The molecule has 0 amide bonds. The van der Waals surface area contributed by atoms with E-state index in [1.807, 2.05) is 6.07 Å². The average Bonchev–Trinajstić information content (AvgIpc) is 2.47. The van der Waals surface area contributed by atoms with Gasteiger partial charge in [0.05, 0.1) is 4.90 Å². The monoisotopic (exact) mass is 290 g/mol. The van der Waals surface area contributed by atoms with E-state index in [2.05, 4.69) is 0 Å². The Kier molecular flexibility index (Phi) is 4.53. The summed E-state index contributed by atoms with van der Waals surface area (Å²) >= 11 is 0. The van der Waals surface area contributed by atoms with E-state index in [1.54, 1.807) is 42.5 Å². The zero-order valence-corrected chi connectivity index (χ0v) is 11.5. The number of benzene rings is 2. The highest BCUT2D eigenvalue weighted by Gasteiger charge is 2.19. The van der Waals surface area contributed by atoms with E-state index in [1.165, 1.54) is 12.1 Å². The predicted octanol–water partition coefficient (Wildman–Crippen LogP) is 2.11. The molecule has 2 rings (SSSR count). The summed E-state index contributed by atoms with van der Waals surface area (Å²) in [5.41, 5.74) is 0. The number of sulfone groups is 1. The third-order valence-corrected chi connectivity index (χ3v) is 4.29. The van der Waals surface area contributed by atoms with Gasteiger partial charge in [-0.15, -0.1) is 0 Å². The van der Waals surface area contributed by atoms with E-state index in [0.29, 0.717) is 5.75 Å². The minimum absolute atomic E-state index is 0.146. The largest absolute Gasteiger partial charge is 0.486 e. The SMILES string of the molecule is O=C(COc1ccccc1)CS(=O)(=O)c1ccccc1. The Morgan fingerprint density at radius 3 is 2.05 bits per heavy atom. The molecule has 0 N–H and O–H groups in total. The van der Waals surface area contributed by atoms with Gasteiger partial charge in [-0.3, -0.25) is 4.79 Å². The van der Waals surface area contributed by atoms with Gasteiger partial charge in [-0.2, -0.15) is 0 Å². The topological polar surface area (TPSA) is 60.4 Å². The first-order valence-electron chi connectivity index (χ1n) is 6.05. The minimum atomic E-state index is -3.59. The minimum Gasteiger partial charge on any atom is -0.486 e. The number of hydrogen-bond acceptors (Lipinski definition) is 4. The number of para-hydroxylation sites is 1. The molecule has 0 spiro atoms. The Morgan fingerprint density at radius 2 is 1.45 bits per heavy atom. The highest BCUT2D eigenvalue weighted by atomic mass is 32.2. The molecule has 0 heterocycles. The van der Waals surface area contributed by atoms with Gasteiger partial charge in [-0.05, 0) is 24.3 Å². The molecule has 0 radical (unpaired) electrons. The maximum atomic E-state index is 12.0. The van der Waals surface area contributed by atoms with E-state index in [-0.39, 0.29) is 11.5 Å². The van der Waals surface area contributed by atoms with Gasteiger partial charge in [0.15, 0.2) is 15.6 Å². The number of carbonyl (C=O) groups excluding carboxylic acids is 1. The van der Waals surface area contributed by atoms with Gasteiger partial charge in [-0.1, -0.05) is 36.4 Å². The van der Waals surface area contributed by atoms with E-state index < -0.39 is 21.4 Å². The summed E-state index contributed by atoms with van der Waals surface area (Å²) in [5, 5.41) is 0. The average molecular weight is 290 g/mol. The third-order valence-electron chi connectivity index (χ3n) is 2.60. The maximum Gasteiger partial charge on any atom is 0.185 e. The van der Waals surface area contributed by atoms with Crippen LogP contribution in [0.4, 0.5) is 0 Å². The van der Waals surface area contributed by atoms with Gasteiger partial charge < -0.3 is 4.74 Å². The lowest BCUT2D eigenvalue weighted by molar-refractivity contribution is -0.118. The highest BCUT2D eigenvalue weighted by Crippen LogP contribution is 2.11. The smallest absolute Gasteiger partial charge is 0.185 e. The molecule has 5 heteroatoms. The number of ether oxygens (including phenoxy) is 1. The zero-order valence-electron chi connectivity index (χ0n) is 10.7. The van der Waals surface area contributed by atoms with Crippen molar-refractivity contribution in [3.63, 3.8) is 0 Å². The summed E-state index contributed by atoms with van der Waals surface area (Å²) in [6, 6.07) is 16.7. The molecule has 0 saturated carbocycles. The van der Waals surface area contributed by atoms with Crippen LogP contribution < -0.4 is 4.74 Å². The first-order valence-corrected chi connectivity index (χ1v) is 7.70. The second-order valence-corrected chi connectivity index (χ2v) is 6.20. The molecule has 0 aliphatic carbocycles. The summed E-state index contributed by atoms with van der Waals surface area (Å²) in [5.74, 6) is -0.486. The van der Waals surface area contributed by atoms with Gasteiger partial charge in [0.25, 0.3) is 0 Å². The number of carbonyl (C=O) groups is 1. The van der Waals surface area contributed by atoms with Crippen molar-refractivity contribution < 1.29 is 17.9 Å². The first-order chi connectivity index (χ1) is 9.58. The van der Waals surface area contributed by atoms with Gasteiger partial charge in [0.2, 0.25) is 0 Å². The molecule has 0 aliphatic rings. The molecule has 0 aromatic heterocycles. The summed E-state index contributed by atoms with van der Waals surface area (Å²) < 4.78 is 29.2. The fourth-order valence-electron chi connectivity index (χ4n) is 1.65. The van der Waals surface area contributed by atoms with Crippen LogP contribution in [0.3, 0.4) is 0 Å². The lowest BCUT2D eigenvalue weighted by Gasteiger charge is -2.06. The standard InChI is InChI=1S/C15H14O4S/c16-13(11-19-14-7-3-1-4-8-14)12-20(17,18)15-9-5-2-6-10-15/h1-10H,11-12H2. The van der Waals surface area contributed by atoms with Crippen LogP contribution in [-0.2, 0) is 14.6 Å². The molecule has 2 aromatic rings. The Balaban J connectivity index is 1.95. The molecule has 0 bridgehead atoms.